The Bertz CT molecular complexity index is 595. The molecular formula is C15H22F3N3O2. The Morgan fingerprint density at radius 1 is 1.30 bits per heavy atom. The highest BCUT2D eigenvalue weighted by Gasteiger charge is 2.58. The largest absolute Gasteiger partial charge is 0.418 e. The molecule has 2 rings (SSSR count). The van der Waals surface area contributed by atoms with Gasteiger partial charge in [-0.3, -0.25) is 9.48 Å². The van der Waals surface area contributed by atoms with Crippen molar-refractivity contribution in [3.63, 3.8) is 0 Å². The number of carbonyl (C=O) groups is 1. The second kappa shape index (κ2) is 5.51. The van der Waals surface area contributed by atoms with Crippen molar-refractivity contribution in [1.82, 2.24) is 14.7 Å². The van der Waals surface area contributed by atoms with Gasteiger partial charge in [0.25, 0.3) is 5.91 Å². The molecule has 0 saturated carbocycles. The summed E-state index contributed by atoms with van der Waals surface area (Å²) >= 11 is 0. The van der Waals surface area contributed by atoms with Gasteiger partial charge in [0.05, 0.1) is 12.1 Å². The van der Waals surface area contributed by atoms with Gasteiger partial charge in [-0.15, -0.1) is 0 Å². The highest BCUT2D eigenvalue weighted by molar-refractivity contribution is 5.92. The fraction of sp³-hybridized carbons (Fsp3) is 0.733. The van der Waals surface area contributed by atoms with Crippen LogP contribution in [0.4, 0.5) is 13.2 Å². The second-order valence-electron chi connectivity index (χ2n) is 7.03. The minimum absolute atomic E-state index is 0.0677. The van der Waals surface area contributed by atoms with Gasteiger partial charge >= 0.3 is 6.18 Å². The Labute approximate surface area is 133 Å². The highest BCUT2D eigenvalue weighted by atomic mass is 19.4. The number of carbonyl (C=O) groups excluding carboxylic acids is 1. The lowest BCUT2D eigenvalue weighted by molar-refractivity contribution is -0.318. The van der Waals surface area contributed by atoms with Crippen LogP contribution in [-0.4, -0.2) is 51.1 Å². The Morgan fingerprint density at radius 3 is 2.39 bits per heavy atom. The molecule has 1 unspecified atom stereocenters. The predicted molar refractivity (Wildman–Crippen MR) is 78.1 cm³/mol. The van der Waals surface area contributed by atoms with Gasteiger partial charge in [-0.2, -0.15) is 18.3 Å². The molecule has 0 aliphatic carbocycles. The van der Waals surface area contributed by atoms with E-state index in [1.807, 2.05) is 13.8 Å². The predicted octanol–water partition coefficient (Wildman–Crippen LogP) is 3.04. The van der Waals surface area contributed by atoms with E-state index in [0.717, 1.165) is 6.92 Å². The summed E-state index contributed by atoms with van der Waals surface area (Å²) in [4.78, 5) is 13.7. The van der Waals surface area contributed by atoms with Crippen molar-refractivity contribution in [2.24, 2.45) is 0 Å². The number of rotatable bonds is 2. The number of hydrogen-bond donors (Lipinski definition) is 0. The molecule has 130 valence electrons. The van der Waals surface area contributed by atoms with Gasteiger partial charge in [0.1, 0.15) is 5.69 Å². The van der Waals surface area contributed by atoms with E-state index in [1.165, 1.54) is 11.0 Å². The van der Waals surface area contributed by atoms with Gasteiger partial charge in [-0.25, -0.2) is 0 Å². The maximum Gasteiger partial charge on any atom is 0.418 e. The maximum absolute atomic E-state index is 13.3. The molecule has 1 amide bonds. The quantitative estimate of drug-likeness (QED) is 0.836. The number of alkyl halides is 3. The summed E-state index contributed by atoms with van der Waals surface area (Å²) in [6, 6.07) is 1.59. The van der Waals surface area contributed by atoms with Crippen molar-refractivity contribution in [3.8, 4) is 0 Å². The van der Waals surface area contributed by atoms with Crippen molar-refractivity contribution in [2.45, 2.75) is 58.0 Å². The molecule has 1 aromatic rings. The van der Waals surface area contributed by atoms with Crippen molar-refractivity contribution >= 4 is 5.91 Å². The normalized spacial score (nSPS) is 25.0. The molecule has 0 N–H and O–H groups in total. The van der Waals surface area contributed by atoms with Crippen LogP contribution in [0, 0.1) is 0 Å². The van der Waals surface area contributed by atoms with E-state index in [4.69, 9.17) is 4.74 Å². The second-order valence-corrected chi connectivity index (χ2v) is 7.03. The van der Waals surface area contributed by atoms with Crippen LogP contribution in [0.15, 0.2) is 12.3 Å². The van der Waals surface area contributed by atoms with Crippen molar-refractivity contribution < 1.29 is 22.7 Å². The Morgan fingerprint density at radius 2 is 1.91 bits per heavy atom. The average molecular weight is 333 g/mol. The Hall–Kier alpha value is -1.57. The van der Waals surface area contributed by atoms with Crippen LogP contribution < -0.4 is 0 Å². The fourth-order valence-electron chi connectivity index (χ4n) is 2.75. The van der Waals surface area contributed by atoms with Crippen molar-refractivity contribution in [2.75, 3.05) is 13.1 Å². The molecule has 5 nitrogen and oxygen atoms in total. The smallest absolute Gasteiger partial charge is 0.356 e. The monoisotopic (exact) mass is 333 g/mol. The Kier molecular flexibility index (Phi) is 4.26. The number of amides is 1. The van der Waals surface area contributed by atoms with E-state index in [9.17, 15) is 18.0 Å². The van der Waals surface area contributed by atoms with Gasteiger partial charge in [0, 0.05) is 18.8 Å². The molecule has 1 aromatic heterocycles. The standard InChI is InChI=1S/C15H22F3N3O2/c1-10(2)21-7-6-11(19-21)12(22)20-8-13(3,4)23-14(5,9-20)15(16,17)18/h6-7,10H,8-9H2,1-5H3. The third-order valence-electron chi connectivity index (χ3n) is 3.81. The molecule has 8 heteroatoms. The average Bonchev–Trinajstić information content (AvgIpc) is 2.83. The molecule has 0 bridgehead atoms. The summed E-state index contributed by atoms with van der Waals surface area (Å²) in [7, 11) is 0. The number of hydrogen-bond acceptors (Lipinski definition) is 3. The summed E-state index contributed by atoms with van der Waals surface area (Å²) in [5.41, 5.74) is -3.36. The molecule has 0 spiro atoms. The number of ether oxygens (including phenoxy) is 1. The molecule has 1 aliphatic rings. The van der Waals surface area contributed by atoms with E-state index >= 15 is 0 Å². The van der Waals surface area contributed by atoms with Crippen LogP contribution in [0.25, 0.3) is 0 Å². The fourth-order valence-corrected chi connectivity index (χ4v) is 2.75. The summed E-state index contributed by atoms with van der Waals surface area (Å²) in [5.74, 6) is -0.517. The zero-order valence-corrected chi connectivity index (χ0v) is 13.9. The first kappa shape index (κ1) is 17.8. The molecule has 1 aliphatic heterocycles. The van der Waals surface area contributed by atoms with E-state index in [-0.39, 0.29) is 18.3 Å². The molecule has 1 fully saturated rings. The zero-order valence-electron chi connectivity index (χ0n) is 13.9. The number of morpholine rings is 1. The van der Waals surface area contributed by atoms with Crippen LogP contribution in [0.5, 0.6) is 0 Å². The van der Waals surface area contributed by atoms with Crippen molar-refractivity contribution in [1.29, 1.82) is 0 Å². The van der Waals surface area contributed by atoms with E-state index in [1.54, 1.807) is 24.7 Å². The Balaban J connectivity index is 2.28. The first-order chi connectivity index (χ1) is 10.3. The highest BCUT2D eigenvalue weighted by Crippen LogP contribution is 2.40. The van der Waals surface area contributed by atoms with Crippen LogP contribution in [0.3, 0.4) is 0 Å². The van der Waals surface area contributed by atoms with Crippen LogP contribution in [-0.2, 0) is 4.74 Å². The van der Waals surface area contributed by atoms with Gasteiger partial charge in [-0.1, -0.05) is 0 Å². The van der Waals surface area contributed by atoms with Crippen molar-refractivity contribution in [3.05, 3.63) is 18.0 Å². The van der Waals surface area contributed by atoms with E-state index < -0.39 is 29.8 Å². The molecule has 1 atom stereocenters. The molecule has 1 saturated heterocycles. The van der Waals surface area contributed by atoms with Gasteiger partial charge < -0.3 is 9.64 Å². The lowest BCUT2D eigenvalue weighted by Gasteiger charge is -2.48. The van der Waals surface area contributed by atoms with Crippen LogP contribution in [0.2, 0.25) is 0 Å². The summed E-state index contributed by atoms with van der Waals surface area (Å²) in [6.07, 6.45) is -2.92. The summed E-state index contributed by atoms with van der Waals surface area (Å²) < 4.78 is 46.8. The summed E-state index contributed by atoms with van der Waals surface area (Å²) in [5, 5.41) is 4.15. The molecule has 2 heterocycles. The lowest BCUT2D eigenvalue weighted by Crippen LogP contribution is -2.65. The lowest BCUT2D eigenvalue weighted by atomic mass is 9.96. The maximum atomic E-state index is 13.3. The first-order valence-electron chi connectivity index (χ1n) is 7.46. The number of halogens is 3. The van der Waals surface area contributed by atoms with Gasteiger partial charge in [0.15, 0.2) is 5.60 Å². The first-order valence-corrected chi connectivity index (χ1v) is 7.46. The zero-order chi connectivity index (χ0) is 17.6. The van der Waals surface area contributed by atoms with Gasteiger partial charge in [-0.05, 0) is 40.7 Å². The molecule has 23 heavy (non-hydrogen) atoms. The van der Waals surface area contributed by atoms with E-state index in [2.05, 4.69) is 5.10 Å². The van der Waals surface area contributed by atoms with Crippen LogP contribution in [0.1, 0.15) is 51.1 Å². The minimum Gasteiger partial charge on any atom is -0.356 e. The molecule has 0 radical (unpaired) electrons. The van der Waals surface area contributed by atoms with E-state index in [0.29, 0.717) is 0 Å². The topological polar surface area (TPSA) is 47.4 Å². The molecular weight excluding hydrogens is 311 g/mol. The minimum atomic E-state index is -4.57. The SMILES string of the molecule is CC(C)n1ccc(C(=O)N2CC(C)(C)OC(C)(C(F)(F)F)C2)n1. The van der Waals surface area contributed by atoms with Crippen LogP contribution >= 0.6 is 0 Å². The third kappa shape index (κ3) is 3.52. The summed E-state index contributed by atoms with van der Waals surface area (Å²) in [6.45, 7) is 7.40. The number of nitrogens with zero attached hydrogens (tertiary/aromatic N) is 3. The number of aromatic nitrogens is 2. The van der Waals surface area contributed by atoms with Gasteiger partial charge in [0.2, 0.25) is 0 Å². The molecule has 0 aromatic carbocycles. The third-order valence-corrected chi connectivity index (χ3v) is 3.81.